The second-order valence-electron chi connectivity index (χ2n) is 5.75. The predicted octanol–water partition coefficient (Wildman–Crippen LogP) is 2.77. The molecule has 2 N–H and O–H groups in total. The van der Waals surface area contributed by atoms with Crippen molar-refractivity contribution in [2.45, 2.75) is 45.1 Å². The van der Waals surface area contributed by atoms with Crippen molar-refractivity contribution in [3.8, 4) is 5.75 Å². The maximum atomic E-state index is 9.86. The molecule has 1 saturated carbocycles. The van der Waals surface area contributed by atoms with Crippen molar-refractivity contribution in [1.82, 2.24) is 5.32 Å². The van der Waals surface area contributed by atoms with Gasteiger partial charge in [0.05, 0.1) is 0 Å². The summed E-state index contributed by atoms with van der Waals surface area (Å²) in [4.78, 5) is 0. The molecule has 1 aliphatic rings. The van der Waals surface area contributed by atoms with E-state index in [0.29, 0.717) is 13.2 Å². The van der Waals surface area contributed by atoms with Crippen molar-refractivity contribution in [2.75, 3.05) is 19.7 Å². The molecule has 0 radical (unpaired) electrons. The zero-order valence-electron chi connectivity index (χ0n) is 12.5. The van der Waals surface area contributed by atoms with E-state index >= 15 is 0 Å². The molecule has 0 aliphatic heterocycles. The van der Waals surface area contributed by atoms with E-state index in [9.17, 15) is 5.11 Å². The second kappa shape index (κ2) is 8.28. The average Bonchev–Trinajstić information content (AvgIpc) is 2.43. The number of aryl methyl sites for hydroxylation is 1. The van der Waals surface area contributed by atoms with Gasteiger partial charge in [0.25, 0.3) is 0 Å². The van der Waals surface area contributed by atoms with Gasteiger partial charge in [-0.15, -0.1) is 0 Å². The first-order chi connectivity index (χ1) is 9.78. The molecule has 1 aromatic carbocycles. The van der Waals surface area contributed by atoms with Crippen molar-refractivity contribution in [2.24, 2.45) is 5.92 Å². The lowest BCUT2D eigenvalue weighted by Crippen LogP contribution is -2.33. The van der Waals surface area contributed by atoms with Crippen molar-refractivity contribution in [3.63, 3.8) is 0 Å². The van der Waals surface area contributed by atoms with Crippen LogP contribution in [0.25, 0.3) is 0 Å². The maximum Gasteiger partial charge on any atom is 0.119 e. The third-order valence-corrected chi connectivity index (χ3v) is 4.11. The van der Waals surface area contributed by atoms with Crippen LogP contribution >= 0.6 is 0 Å². The van der Waals surface area contributed by atoms with Crippen LogP contribution in [0.4, 0.5) is 0 Å². The van der Waals surface area contributed by atoms with Gasteiger partial charge in [-0.25, -0.2) is 0 Å². The molecule has 112 valence electrons. The van der Waals surface area contributed by atoms with Crippen LogP contribution in [0.15, 0.2) is 24.3 Å². The molecule has 0 saturated heterocycles. The Morgan fingerprint density at radius 3 is 2.65 bits per heavy atom. The summed E-state index contributed by atoms with van der Waals surface area (Å²) < 4.78 is 5.59. The Labute approximate surface area is 122 Å². The highest BCUT2D eigenvalue weighted by molar-refractivity contribution is 5.27. The summed E-state index contributed by atoms with van der Waals surface area (Å²) in [5.41, 5.74) is 1.30. The van der Waals surface area contributed by atoms with Crippen molar-refractivity contribution in [1.29, 1.82) is 0 Å². The summed E-state index contributed by atoms with van der Waals surface area (Å²) in [5.74, 6) is 1.75. The Morgan fingerprint density at radius 1 is 1.30 bits per heavy atom. The lowest BCUT2D eigenvalue weighted by atomic mass is 9.83. The van der Waals surface area contributed by atoms with E-state index in [1.165, 1.54) is 31.2 Å². The molecule has 1 aromatic rings. The fraction of sp³-hybridized carbons (Fsp3) is 0.647. The van der Waals surface area contributed by atoms with E-state index < -0.39 is 6.10 Å². The summed E-state index contributed by atoms with van der Waals surface area (Å²) in [7, 11) is 0. The van der Waals surface area contributed by atoms with Gasteiger partial charge in [0.2, 0.25) is 0 Å². The van der Waals surface area contributed by atoms with Gasteiger partial charge in [-0.05, 0) is 43.0 Å². The van der Waals surface area contributed by atoms with Crippen LogP contribution in [0.3, 0.4) is 0 Å². The van der Waals surface area contributed by atoms with Gasteiger partial charge in [-0.1, -0.05) is 38.3 Å². The van der Waals surface area contributed by atoms with E-state index in [1.54, 1.807) is 0 Å². The summed E-state index contributed by atoms with van der Waals surface area (Å²) in [6, 6.07) is 8.07. The van der Waals surface area contributed by atoms with Crippen LogP contribution in [0, 0.1) is 5.92 Å². The molecular formula is C17H27NO2. The molecule has 0 heterocycles. The zero-order chi connectivity index (χ0) is 14.2. The lowest BCUT2D eigenvalue weighted by molar-refractivity contribution is 0.105. The monoisotopic (exact) mass is 277 g/mol. The van der Waals surface area contributed by atoms with Gasteiger partial charge in [0, 0.05) is 6.54 Å². The number of ether oxygens (including phenoxy) is 1. The fourth-order valence-corrected chi connectivity index (χ4v) is 2.43. The average molecular weight is 277 g/mol. The Balaban J connectivity index is 1.55. The van der Waals surface area contributed by atoms with Crippen LogP contribution in [-0.2, 0) is 6.42 Å². The van der Waals surface area contributed by atoms with Crippen LogP contribution in [0.2, 0.25) is 0 Å². The number of rotatable bonds is 9. The minimum absolute atomic E-state index is 0.349. The second-order valence-corrected chi connectivity index (χ2v) is 5.75. The van der Waals surface area contributed by atoms with Crippen LogP contribution in [-0.4, -0.2) is 30.9 Å². The third kappa shape index (κ3) is 5.14. The van der Waals surface area contributed by atoms with Gasteiger partial charge in [0.1, 0.15) is 18.5 Å². The first-order valence-electron chi connectivity index (χ1n) is 7.88. The number of aliphatic hydroxyl groups is 1. The van der Waals surface area contributed by atoms with E-state index in [-0.39, 0.29) is 0 Å². The van der Waals surface area contributed by atoms with E-state index in [1.807, 2.05) is 12.1 Å². The molecule has 1 unspecified atom stereocenters. The molecule has 20 heavy (non-hydrogen) atoms. The normalized spacial score (nSPS) is 16.7. The highest BCUT2D eigenvalue weighted by Crippen LogP contribution is 2.28. The quantitative estimate of drug-likeness (QED) is 0.682. The highest BCUT2D eigenvalue weighted by atomic mass is 16.5. The van der Waals surface area contributed by atoms with Gasteiger partial charge >= 0.3 is 0 Å². The van der Waals surface area contributed by atoms with Crippen LogP contribution in [0.5, 0.6) is 5.75 Å². The van der Waals surface area contributed by atoms with Crippen molar-refractivity contribution in [3.05, 3.63) is 29.8 Å². The number of nitrogens with one attached hydrogen (secondary N) is 1. The van der Waals surface area contributed by atoms with Gasteiger partial charge in [0.15, 0.2) is 0 Å². The van der Waals surface area contributed by atoms with E-state index in [2.05, 4.69) is 24.4 Å². The number of hydrogen-bond donors (Lipinski definition) is 2. The third-order valence-electron chi connectivity index (χ3n) is 4.11. The SMILES string of the molecule is CCc1ccc(OCC(O)CNCCC2CCC2)cc1. The summed E-state index contributed by atoms with van der Waals surface area (Å²) in [5, 5.41) is 13.2. The lowest BCUT2D eigenvalue weighted by Gasteiger charge is -2.25. The van der Waals surface area contributed by atoms with Gasteiger partial charge < -0.3 is 15.2 Å². The Bertz CT molecular complexity index is 373. The number of aliphatic hydroxyl groups excluding tert-OH is 1. The van der Waals surface area contributed by atoms with Crippen LogP contribution in [0.1, 0.15) is 38.2 Å². The molecule has 0 spiro atoms. The molecule has 0 amide bonds. The molecule has 1 aliphatic carbocycles. The summed E-state index contributed by atoms with van der Waals surface area (Å²) >= 11 is 0. The Kier molecular flexibility index (Phi) is 6.34. The Hall–Kier alpha value is -1.06. The van der Waals surface area contributed by atoms with Crippen molar-refractivity contribution < 1.29 is 9.84 Å². The number of hydrogen-bond acceptors (Lipinski definition) is 3. The molecule has 2 rings (SSSR count). The summed E-state index contributed by atoms with van der Waals surface area (Å²) in [6.07, 6.45) is 6.02. The van der Waals surface area contributed by atoms with Gasteiger partial charge in [-0.2, -0.15) is 0 Å². The smallest absolute Gasteiger partial charge is 0.119 e. The molecule has 3 heteroatoms. The molecular weight excluding hydrogens is 250 g/mol. The minimum Gasteiger partial charge on any atom is -0.491 e. The highest BCUT2D eigenvalue weighted by Gasteiger charge is 2.16. The number of benzene rings is 1. The van der Waals surface area contributed by atoms with Gasteiger partial charge in [-0.3, -0.25) is 0 Å². The molecule has 3 nitrogen and oxygen atoms in total. The zero-order valence-corrected chi connectivity index (χ0v) is 12.5. The first-order valence-corrected chi connectivity index (χ1v) is 7.88. The topological polar surface area (TPSA) is 41.5 Å². The van der Waals surface area contributed by atoms with Crippen LogP contribution < -0.4 is 10.1 Å². The standard InChI is InChI=1S/C17H27NO2/c1-2-14-6-8-17(9-7-14)20-13-16(19)12-18-11-10-15-4-3-5-15/h6-9,15-16,18-19H,2-5,10-13H2,1H3. The summed E-state index contributed by atoms with van der Waals surface area (Å²) in [6.45, 7) is 4.10. The molecule has 1 atom stereocenters. The molecule has 1 fully saturated rings. The largest absolute Gasteiger partial charge is 0.491 e. The van der Waals surface area contributed by atoms with E-state index in [0.717, 1.165) is 24.6 Å². The van der Waals surface area contributed by atoms with Crippen molar-refractivity contribution >= 4 is 0 Å². The molecule has 0 aromatic heterocycles. The molecule has 0 bridgehead atoms. The Morgan fingerprint density at radius 2 is 2.05 bits per heavy atom. The predicted molar refractivity (Wildman–Crippen MR) is 82.1 cm³/mol. The van der Waals surface area contributed by atoms with E-state index in [4.69, 9.17) is 4.74 Å². The minimum atomic E-state index is -0.442. The fourth-order valence-electron chi connectivity index (χ4n) is 2.43. The first kappa shape index (κ1) is 15.3. The maximum absolute atomic E-state index is 9.86.